The minimum Gasteiger partial charge on any atom is -0.478 e. The molecule has 27 heavy (non-hydrogen) atoms. The van der Waals surface area contributed by atoms with Crippen LogP contribution in [0.25, 0.3) is 0 Å². The molecule has 0 radical (unpaired) electrons. The number of fused-ring (bicyclic) bond motifs is 1. The summed E-state index contributed by atoms with van der Waals surface area (Å²) in [6, 6.07) is 5.78. The number of nitrogens with one attached hydrogen (secondary N) is 1. The second-order valence-electron chi connectivity index (χ2n) is 6.24. The Balaban J connectivity index is 1.54. The molecule has 0 saturated heterocycles. The molecule has 4 rings (SSSR count). The third kappa shape index (κ3) is 3.52. The van der Waals surface area contributed by atoms with Gasteiger partial charge in [0.2, 0.25) is 5.88 Å². The van der Waals surface area contributed by atoms with Gasteiger partial charge in [0.05, 0.1) is 49.3 Å². The van der Waals surface area contributed by atoms with E-state index in [1.807, 2.05) is 36.4 Å². The van der Waals surface area contributed by atoms with Crippen molar-refractivity contribution >= 4 is 17.3 Å². The molecule has 3 aromatic rings. The fraction of sp³-hybridized carbons (Fsp3) is 0.333. The Morgan fingerprint density at radius 1 is 1.37 bits per heavy atom. The Hall–Kier alpha value is -2.87. The minimum absolute atomic E-state index is 0.157. The quantitative estimate of drug-likeness (QED) is 0.721. The van der Waals surface area contributed by atoms with Crippen molar-refractivity contribution in [1.82, 2.24) is 24.7 Å². The number of hydrogen-bond acceptors (Lipinski definition) is 6. The predicted octanol–water partition coefficient (Wildman–Crippen LogP) is 2.02. The summed E-state index contributed by atoms with van der Waals surface area (Å²) >= 11 is 6.14. The van der Waals surface area contributed by atoms with Gasteiger partial charge in [-0.05, 0) is 13.0 Å². The van der Waals surface area contributed by atoms with E-state index in [1.165, 1.54) is 5.69 Å². The first-order valence-corrected chi connectivity index (χ1v) is 9.13. The number of pyridine rings is 1. The average Bonchev–Trinajstić information content (AvgIpc) is 3.07. The Morgan fingerprint density at radius 2 is 2.26 bits per heavy atom. The Kier molecular flexibility index (Phi) is 4.81. The van der Waals surface area contributed by atoms with Crippen molar-refractivity contribution in [3.8, 4) is 5.88 Å². The summed E-state index contributed by atoms with van der Waals surface area (Å²) in [4.78, 5) is 22.8. The van der Waals surface area contributed by atoms with Gasteiger partial charge in [0.15, 0.2) is 0 Å². The molecule has 3 aromatic heterocycles. The molecule has 0 atom stereocenters. The highest BCUT2D eigenvalue weighted by molar-refractivity contribution is 6.32. The van der Waals surface area contributed by atoms with E-state index in [4.69, 9.17) is 16.3 Å². The normalized spacial score (nSPS) is 13.5. The second-order valence-corrected chi connectivity index (χ2v) is 6.61. The number of aromatic amines is 1. The van der Waals surface area contributed by atoms with Gasteiger partial charge in [0.1, 0.15) is 5.02 Å². The van der Waals surface area contributed by atoms with Crippen LogP contribution in [0.3, 0.4) is 0 Å². The molecule has 4 heterocycles. The molecular formula is C18H19ClN6O2. The van der Waals surface area contributed by atoms with Crippen molar-refractivity contribution < 1.29 is 4.74 Å². The van der Waals surface area contributed by atoms with Crippen molar-refractivity contribution in [2.45, 2.75) is 26.4 Å². The van der Waals surface area contributed by atoms with Gasteiger partial charge >= 0.3 is 0 Å². The van der Waals surface area contributed by atoms with Crippen LogP contribution in [0.5, 0.6) is 5.88 Å². The number of H-pyrrole nitrogens is 1. The van der Waals surface area contributed by atoms with Crippen LogP contribution in [0.4, 0.5) is 5.69 Å². The van der Waals surface area contributed by atoms with E-state index in [0.717, 1.165) is 24.4 Å². The summed E-state index contributed by atoms with van der Waals surface area (Å²) in [7, 11) is 0. The lowest BCUT2D eigenvalue weighted by Crippen LogP contribution is -2.32. The molecule has 0 bridgehead atoms. The average molecular weight is 387 g/mol. The summed E-state index contributed by atoms with van der Waals surface area (Å²) < 4.78 is 7.59. The minimum atomic E-state index is -0.384. The topological polar surface area (TPSA) is 88.9 Å². The van der Waals surface area contributed by atoms with E-state index in [0.29, 0.717) is 31.3 Å². The Labute approximate surface area is 160 Å². The van der Waals surface area contributed by atoms with Crippen LogP contribution in [-0.4, -0.2) is 37.9 Å². The monoisotopic (exact) mass is 386 g/mol. The summed E-state index contributed by atoms with van der Waals surface area (Å²) in [5.74, 6) is 0.631. The molecule has 1 aliphatic rings. The number of hydrogen-bond donors (Lipinski definition) is 1. The van der Waals surface area contributed by atoms with Crippen molar-refractivity contribution in [3.63, 3.8) is 0 Å². The summed E-state index contributed by atoms with van der Waals surface area (Å²) in [5.41, 5.74) is 3.31. The van der Waals surface area contributed by atoms with E-state index >= 15 is 0 Å². The van der Waals surface area contributed by atoms with E-state index in [1.54, 1.807) is 6.20 Å². The zero-order valence-corrected chi connectivity index (χ0v) is 15.6. The molecule has 0 fully saturated rings. The fourth-order valence-corrected chi connectivity index (χ4v) is 3.47. The largest absolute Gasteiger partial charge is 0.478 e. The maximum atomic E-state index is 11.7. The van der Waals surface area contributed by atoms with Crippen molar-refractivity contribution in [3.05, 3.63) is 63.2 Å². The van der Waals surface area contributed by atoms with Crippen LogP contribution in [0.1, 0.15) is 24.0 Å². The molecule has 0 aromatic carbocycles. The van der Waals surface area contributed by atoms with Gasteiger partial charge in [-0.1, -0.05) is 17.7 Å². The molecule has 9 heteroatoms. The molecule has 0 saturated carbocycles. The van der Waals surface area contributed by atoms with Gasteiger partial charge in [0, 0.05) is 24.7 Å². The summed E-state index contributed by atoms with van der Waals surface area (Å²) in [6.07, 6.45) is 4.21. The number of rotatable bonds is 5. The van der Waals surface area contributed by atoms with Gasteiger partial charge in [-0.25, -0.2) is 15.1 Å². The number of aromatic nitrogens is 5. The Morgan fingerprint density at radius 3 is 3.11 bits per heavy atom. The zero-order valence-electron chi connectivity index (χ0n) is 14.9. The third-order valence-corrected chi connectivity index (χ3v) is 4.88. The number of anilines is 1. The third-order valence-electron chi connectivity index (χ3n) is 4.52. The molecular weight excluding hydrogens is 368 g/mol. The fourth-order valence-electron chi connectivity index (χ4n) is 3.25. The lowest BCUT2D eigenvalue weighted by Gasteiger charge is -2.29. The first kappa shape index (κ1) is 17.5. The van der Waals surface area contributed by atoms with Gasteiger partial charge in [0.25, 0.3) is 5.56 Å². The first-order valence-electron chi connectivity index (χ1n) is 8.75. The van der Waals surface area contributed by atoms with E-state index in [9.17, 15) is 4.79 Å². The molecule has 0 unspecified atom stereocenters. The highest BCUT2D eigenvalue weighted by atomic mass is 35.5. The SMILES string of the molecule is CCOc1cccc(Cn2cnc3c2CCN(c2cn[nH]c(=O)c2Cl)C3)n1. The highest BCUT2D eigenvalue weighted by Gasteiger charge is 2.23. The number of ether oxygens (including phenoxy) is 1. The van der Waals surface area contributed by atoms with Crippen molar-refractivity contribution in [1.29, 1.82) is 0 Å². The highest BCUT2D eigenvalue weighted by Crippen LogP contribution is 2.27. The number of nitrogens with zero attached hydrogens (tertiary/aromatic N) is 5. The lowest BCUT2D eigenvalue weighted by atomic mass is 10.1. The van der Waals surface area contributed by atoms with Crippen LogP contribution >= 0.6 is 11.6 Å². The van der Waals surface area contributed by atoms with Crippen LogP contribution in [0, 0.1) is 0 Å². The number of halogens is 1. The first-order chi connectivity index (χ1) is 13.2. The smallest absolute Gasteiger partial charge is 0.285 e. The van der Waals surface area contributed by atoms with Crippen molar-refractivity contribution in [2.24, 2.45) is 0 Å². The van der Waals surface area contributed by atoms with Crippen molar-refractivity contribution in [2.75, 3.05) is 18.1 Å². The van der Waals surface area contributed by atoms with E-state index in [-0.39, 0.29) is 10.6 Å². The molecule has 1 N–H and O–H groups in total. The molecule has 0 aliphatic carbocycles. The molecule has 0 spiro atoms. The summed E-state index contributed by atoms with van der Waals surface area (Å²) in [6.45, 7) is 4.48. The molecule has 1 aliphatic heterocycles. The van der Waals surface area contributed by atoms with Gasteiger partial charge < -0.3 is 14.2 Å². The lowest BCUT2D eigenvalue weighted by molar-refractivity contribution is 0.325. The molecule has 0 amide bonds. The van der Waals surface area contributed by atoms with Crippen LogP contribution in [0.2, 0.25) is 5.02 Å². The maximum Gasteiger partial charge on any atom is 0.285 e. The Bertz CT molecular complexity index is 1020. The van der Waals surface area contributed by atoms with E-state index in [2.05, 4.69) is 24.7 Å². The maximum absolute atomic E-state index is 11.7. The van der Waals surface area contributed by atoms with Crippen LogP contribution < -0.4 is 15.2 Å². The zero-order chi connectivity index (χ0) is 18.8. The van der Waals surface area contributed by atoms with E-state index < -0.39 is 0 Å². The van der Waals surface area contributed by atoms with Crippen LogP contribution in [0.15, 0.2) is 35.5 Å². The van der Waals surface area contributed by atoms with Gasteiger partial charge in [-0.2, -0.15) is 5.10 Å². The second kappa shape index (κ2) is 7.40. The van der Waals surface area contributed by atoms with Gasteiger partial charge in [-0.3, -0.25) is 4.79 Å². The van der Waals surface area contributed by atoms with Gasteiger partial charge in [-0.15, -0.1) is 0 Å². The standard InChI is InChI=1S/C18H19ClN6O2/c1-2-27-16-5-3-4-12(22-16)9-25-11-20-13-10-24(7-6-14(13)25)15-8-21-23-18(26)17(15)19/h3-5,8,11H,2,6-7,9-10H2,1H3,(H,23,26). The number of imidazole rings is 1. The summed E-state index contributed by atoms with van der Waals surface area (Å²) in [5, 5.41) is 6.35. The predicted molar refractivity (Wildman–Crippen MR) is 101 cm³/mol. The van der Waals surface area contributed by atoms with Crippen LogP contribution in [-0.2, 0) is 19.5 Å². The molecule has 140 valence electrons. The molecule has 8 nitrogen and oxygen atoms in total.